The summed E-state index contributed by atoms with van der Waals surface area (Å²) in [5.41, 5.74) is 2.87. The number of ether oxygens (including phenoxy) is 1. The lowest BCUT2D eigenvalue weighted by molar-refractivity contribution is -0.384. The number of hydrogen-bond acceptors (Lipinski definition) is 6. The number of nitrogens with zero attached hydrogens (tertiary/aromatic N) is 3. The van der Waals surface area contributed by atoms with Crippen molar-refractivity contribution in [1.82, 2.24) is 4.98 Å². The Labute approximate surface area is 147 Å². The molecule has 2 rings (SSSR count). The summed E-state index contributed by atoms with van der Waals surface area (Å²) in [6.45, 7) is 0.0395. The van der Waals surface area contributed by atoms with Crippen molar-refractivity contribution in [3.63, 3.8) is 0 Å². The van der Waals surface area contributed by atoms with Crippen molar-refractivity contribution in [1.29, 1.82) is 0 Å². The minimum absolute atomic E-state index is 0.0184. The molecule has 1 aromatic carbocycles. The van der Waals surface area contributed by atoms with Gasteiger partial charge in [-0.1, -0.05) is 29.1 Å². The summed E-state index contributed by atoms with van der Waals surface area (Å²) in [5.74, 6) is 2.61. The Morgan fingerprint density at radius 2 is 2.17 bits per heavy atom. The highest BCUT2D eigenvalue weighted by atomic mass is 35.5. The van der Waals surface area contributed by atoms with Crippen molar-refractivity contribution >= 4 is 40.9 Å². The molecule has 0 saturated heterocycles. The Morgan fingerprint density at radius 3 is 2.79 bits per heavy atom. The van der Waals surface area contributed by atoms with Crippen LogP contribution in [0.5, 0.6) is 5.75 Å². The number of rotatable bonds is 6. The molecule has 0 aliphatic heterocycles. The van der Waals surface area contributed by atoms with Crippen molar-refractivity contribution in [2.75, 3.05) is 12.0 Å². The van der Waals surface area contributed by atoms with Gasteiger partial charge in [-0.25, -0.2) is 4.98 Å². The van der Waals surface area contributed by atoms with E-state index in [0.29, 0.717) is 5.56 Å². The molecule has 0 saturated carbocycles. The van der Waals surface area contributed by atoms with E-state index in [2.05, 4.69) is 21.4 Å². The number of nitro groups is 1. The van der Waals surface area contributed by atoms with Gasteiger partial charge in [0.25, 0.3) is 0 Å². The van der Waals surface area contributed by atoms with Crippen molar-refractivity contribution in [3.05, 3.63) is 56.2 Å². The van der Waals surface area contributed by atoms with Crippen LogP contribution in [0.4, 0.5) is 11.5 Å². The number of halogens is 2. The monoisotopic (exact) mass is 364 g/mol. The molecule has 1 heterocycles. The average molecular weight is 365 g/mol. The molecule has 2 aromatic rings. The Balaban J connectivity index is 2.16. The molecule has 1 aromatic heterocycles. The largest absolute Gasteiger partial charge is 0.478 e. The second-order valence-corrected chi connectivity index (χ2v) is 5.12. The standard InChI is InChI=1S/C15H10Cl2N4O3/c1-2-6-24-14-11(16)7-10(8-12(14)17)9-19-20-15-13(21(22)23)4-3-5-18-15/h1,3-5,7-9H,6H2,(H,18,20)/b19-9-. The molecule has 0 fully saturated rings. The lowest BCUT2D eigenvalue weighted by Gasteiger charge is -2.08. The number of pyridine rings is 1. The van der Waals surface area contributed by atoms with Gasteiger partial charge in [0.2, 0.25) is 5.82 Å². The third kappa shape index (κ3) is 4.35. The molecule has 0 amide bonds. The lowest BCUT2D eigenvalue weighted by atomic mass is 10.2. The van der Waals surface area contributed by atoms with Gasteiger partial charge in [-0.2, -0.15) is 5.10 Å². The minimum atomic E-state index is -0.559. The van der Waals surface area contributed by atoms with Crippen LogP contribution in [0.2, 0.25) is 10.0 Å². The Morgan fingerprint density at radius 1 is 1.46 bits per heavy atom. The van der Waals surface area contributed by atoms with Crippen LogP contribution in [-0.4, -0.2) is 22.7 Å². The van der Waals surface area contributed by atoms with Crippen molar-refractivity contribution < 1.29 is 9.66 Å². The van der Waals surface area contributed by atoms with Crippen LogP contribution in [0.25, 0.3) is 0 Å². The molecule has 0 spiro atoms. The zero-order chi connectivity index (χ0) is 17.5. The molecule has 1 N–H and O–H groups in total. The normalized spacial score (nSPS) is 10.4. The number of aromatic nitrogens is 1. The summed E-state index contributed by atoms with van der Waals surface area (Å²) in [7, 11) is 0. The molecule has 0 unspecified atom stereocenters. The van der Waals surface area contributed by atoms with E-state index in [-0.39, 0.29) is 33.9 Å². The van der Waals surface area contributed by atoms with E-state index in [1.165, 1.54) is 24.5 Å². The van der Waals surface area contributed by atoms with Crippen molar-refractivity contribution in [2.24, 2.45) is 5.10 Å². The highest BCUT2D eigenvalue weighted by Gasteiger charge is 2.13. The van der Waals surface area contributed by atoms with E-state index in [0.717, 1.165) is 0 Å². The fraction of sp³-hybridized carbons (Fsp3) is 0.0667. The van der Waals surface area contributed by atoms with Gasteiger partial charge in [0.1, 0.15) is 6.61 Å². The number of terminal acetylenes is 1. The van der Waals surface area contributed by atoms with Gasteiger partial charge >= 0.3 is 5.69 Å². The Kier molecular flexibility index (Phi) is 5.95. The molecule has 7 nitrogen and oxygen atoms in total. The number of benzene rings is 1. The van der Waals surface area contributed by atoms with Crippen LogP contribution in [0.3, 0.4) is 0 Å². The summed E-state index contributed by atoms with van der Waals surface area (Å²) < 4.78 is 5.24. The molecule has 0 aliphatic rings. The summed E-state index contributed by atoms with van der Waals surface area (Å²) in [6.07, 6.45) is 7.92. The second-order valence-electron chi connectivity index (χ2n) is 4.30. The maximum atomic E-state index is 10.9. The second kappa shape index (κ2) is 8.15. The molecule has 0 aliphatic carbocycles. The summed E-state index contributed by atoms with van der Waals surface area (Å²) in [6, 6.07) is 5.91. The van der Waals surface area contributed by atoms with Crippen LogP contribution < -0.4 is 10.2 Å². The fourth-order valence-electron chi connectivity index (χ4n) is 1.70. The topological polar surface area (TPSA) is 89.7 Å². The van der Waals surface area contributed by atoms with Gasteiger partial charge in [0.15, 0.2) is 5.75 Å². The van der Waals surface area contributed by atoms with E-state index in [9.17, 15) is 10.1 Å². The number of hydrogen-bond donors (Lipinski definition) is 1. The van der Waals surface area contributed by atoms with Gasteiger partial charge in [-0.3, -0.25) is 15.5 Å². The first-order valence-electron chi connectivity index (χ1n) is 6.46. The fourth-order valence-corrected chi connectivity index (χ4v) is 2.32. The first-order valence-corrected chi connectivity index (χ1v) is 7.22. The zero-order valence-corrected chi connectivity index (χ0v) is 13.6. The third-order valence-electron chi connectivity index (χ3n) is 2.69. The maximum Gasteiger partial charge on any atom is 0.313 e. The molecule has 24 heavy (non-hydrogen) atoms. The number of hydrazone groups is 1. The zero-order valence-electron chi connectivity index (χ0n) is 12.1. The van der Waals surface area contributed by atoms with Crippen LogP contribution in [0.1, 0.15) is 5.56 Å². The van der Waals surface area contributed by atoms with Gasteiger partial charge in [-0.15, -0.1) is 6.42 Å². The van der Waals surface area contributed by atoms with Gasteiger partial charge < -0.3 is 4.74 Å². The average Bonchev–Trinajstić information content (AvgIpc) is 2.54. The van der Waals surface area contributed by atoms with Gasteiger partial charge in [-0.05, 0) is 23.8 Å². The van der Waals surface area contributed by atoms with Crippen LogP contribution in [-0.2, 0) is 0 Å². The van der Waals surface area contributed by atoms with Crippen molar-refractivity contribution in [3.8, 4) is 18.1 Å². The van der Waals surface area contributed by atoms with Gasteiger partial charge in [0.05, 0.1) is 21.2 Å². The Bertz CT molecular complexity index is 811. The molecule has 9 heteroatoms. The molecular formula is C15H10Cl2N4O3. The third-order valence-corrected chi connectivity index (χ3v) is 3.25. The first-order chi connectivity index (χ1) is 11.5. The minimum Gasteiger partial charge on any atom is -0.478 e. The Hall–Kier alpha value is -2.82. The summed E-state index contributed by atoms with van der Waals surface area (Å²) in [4.78, 5) is 14.2. The molecule has 0 radical (unpaired) electrons. The SMILES string of the molecule is C#CCOc1c(Cl)cc(/C=N\Nc2ncccc2[N+](=O)[O-])cc1Cl. The van der Waals surface area contributed by atoms with E-state index >= 15 is 0 Å². The predicted octanol–water partition coefficient (Wildman–Crippen LogP) is 3.75. The van der Waals surface area contributed by atoms with Crippen LogP contribution in [0, 0.1) is 22.5 Å². The van der Waals surface area contributed by atoms with Crippen LogP contribution >= 0.6 is 23.2 Å². The maximum absolute atomic E-state index is 10.9. The van der Waals surface area contributed by atoms with Crippen LogP contribution in [0.15, 0.2) is 35.6 Å². The summed E-state index contributed by atoms with van der Waals surface area (Å²) >= 11 is 12.1. The van der Waals surface area contributed by atoms with E-state index in [1.807, 2.05) is 0 Å². The summed E-state index contributed by atoms with van der Waals surface area (Å²) in [5, 5.41) is 15.3. The van der Waals surface area contributed by atoms with Gasteiger partial charge in [0, 0.05) is 12.3 Å². The molecule has 0 bridgehead atoms. The molecular weight excluding hydrogens is 355 g/mol. The number of anilines is 1. The smallest absolute Gasteiger partial charge is 0.313 e. The predicted molar refractivity (Wildman–Crippen MR) is 92.9 cm³/mol. The van der Waals surface area contributed by atoms with E-state index in [4.69, 9.17) is 34.4 Å². The lowest BCUT2D eigenvalue weighted by Crippen LogP contribution is -1.99. The molecule has 122 valence electrons. The van der Waals surface area contributed by atoms with E-state index < -0.39 is 4.92 Å². The van der Waals surface area contributed by atoms with Crippen molar-refractivity contribution in [2.45, 2.75) is 0 Å². The quantitative estimate of drug-likeness (QED) is 0.364. The highest BCUT2D eigenvalue weighted by Crippen LogP contribution is 2.33. The van der Waals surface area contributed by atoms with E-state index in [1.54, 1.807) is 12.1 Å². The highest BCUT2D eigenvalue weighted by molar-refractivity contribution is 6.37. The number of nitrogens with one attached hydrogen (secondary N) is 1. The molecule has 0 atom stereocenters. The first kappa shape index (κ1) is 17.5.